The Kier molecular flexibility index (Phi) is 5.78. The van der Waals surface area contributed by atoms with Gasteiger partial charge in [-0.05, 0) is 35.6 Å². The summed E-state index contributed by atoms with van der Waals surface area (Å²) in [6.45, 7) is 4.97. The summed E-state index contributed by atoms with van der Waals surface area (Å²) in [6, 6.07) is 18.5. The average molecular weight is 284 g/mol. The summed E-state index contributed by atoms with van der Waals surface area (Å²) in [5.74, 6) is 7.14. The number of benzene rings is 2. The minimum Gasteiger partial charge on any atom is -0.489 e. The largest absolute Gasteiger partial charge is 0.489 e. The summed E-state index contributed by atoms with van der Waals surface area (Å²) in [6.07, 6.45) is 0.999. The highest BCUT2D eigenvalue weighted by atomic mass is 16.5. The van der Waals surface area contributed by atoms with Crippen LogP contribution in [0.15, 0.2) is 54.6 Å². The van der Waals surface area contributed by atoms with Crippen molar-refractivity contribution in [3.63, 3.8) is 0 Å². The van der Waals surface area contributed by atoms with Crippen molar-refractivity contribution >= 4 is 0 Å². The van der Waals surface area contributed by atoms with Gasteiger partial charge in [0.05, 0.1) is 0 Å². The maximum atomic E-state index is 5.86. The van der Waals surface area contributed by atoms with Gasteiger partial charge in [-0.3, -0.25) is 11.3 Å². The lowest BCUT2D eigenvalue weighted by Crippen LogP contribution is -2.29. The monoisotopic (exact) mass is 284 g/mol. The summed E-state index contributed by atoms with van der Waals surface area (Å²) >= 11 is 0. The van der Waals surface area contributed by atoms with Crippen LogP contribution in [0.1, 0.15) is 37.4 Å². The van der Waals surface area contributed by atoms with Gasteiger partial charge in [0.25, 0.3) is 0 Å². The van der Waals surface area contributed by atoms with E-state index in [1.165, 1.54) is 5.56 Å². The number of hydrazine groups is 1. The first-order chi connectivity index (χ1) is 10.2. The molecule has 1 atom stereocenters. The van der Waals surface area contributed by atoms with E-state index in [1.807, 2.05) is 30.3 Å². The van der Waals surface area contributed by atoms with Gasteiger partial charge in [-0.25, -0.2) is 0 Å². The number of nitrogens with one attached hydrogen (secondary N) is 1. The van der Waals surface area contributed by atoms with Crippen molar-refractivity contribution in [1.29, 1.82) is 0 Å². The maximum Gasteiger partial charge on any atom is 0.120 e. The Morgan fingerprint density at radius 1 is 1.05 bits per heavy atom. The van der Waals surface area contributed by atoms with Gasteiger partial charge >= 0.3 is 0 Å². The second-order valence-electron chi connectivity index (χ2n) is 5.70. The lowest BCUT2D eigenvalue weighted by Gasteiger charge is -2.19. The Morgan fingerprint density at radius 2 is 1.81 bits per heavy atom. The first kappa shape index (κ1) is 15.5. The topological polar surface area (TPSA) is 47.3 Å². The second-order valence-corrected chi connectivity index (χ2v) is 5.70. The predicted molar refractivity (Wildman–Crippen MR) is 86.7 cm³/mol. The highest BCUT2D eigenvalue weighted by Crippen LogP contribution is 2.24. The molecular weight excluding hydrogens is 260 g/mol. The minimum atomic E-state index is 0.158. The molecule has 0 saturated carbocycles. The van der Waals surface area contributed by atoms with Gasteiger partial charge in [0, 0.05) is 6.04 Å². The van der Waals surface area contributed by atoms with E-state index in [4.69, 9.17) is 10.6 Å². The van der Waals surface area contributed by atoms with E-state index in [-0.39, 0.29) is 6.04 Å². The second kappa shape index (κ2) is 7.81. The van der Waals surface area contributed by atoms with E-state index in [0.717, 1.165) is 17.7 Å². The molecule has 21 heavy (non-hydrogen) atoms. The summed E-state index contributed by atoms with van der Waals surface area (Å²) in [5, 5.41) is 0. The Balaban J connectivity index is 2.03. The highest BCUT2D eigenvalue weighted by molar-refractivity contribution is 5.31. The van der Waals surface area contributed by atoms with Gasteiger partial charge in [-0.1, -0.05) is 56.3 Å². The lowest BCUT2D eigenvalue weighted by atomic mass is 9.97. The van der Waals surface area contributed by atoms with Crippen LogP contribution in [-0.4, -0.2) is 0 Å². The number of hydrogen-bond donors (Lipinski definition) is 2. The van der Waals surface area contributed by atoms with Gasteiger partial charge in [-0.15, -0.1) is 0 Å². The molecule has 0 aliphatic carbocycles. The fourth-order valence-corrected chi connectivity index (χ4v) is 2.33. The predicted octanol–water partition coefficient (Wildman–Crippen LogP) is 3.82. The molecule has 0 aliphatic rings. The number of hydrogen-bond acceptors (Lipinski definition) is 3. The van der Waals surface area contributed by atoms with Crippen LogP contribution >= 0.6 is 0 Å². The van der Waals surface area contributed by atoms with Crippen LogP contribution in [0.3, 0.4) is 0 Å². The van der Waals surface area contributed by atoms with Crippen molar-refractivity contribution in [3.05, 3.63) is 65.7 Å². The van der Waals surface area contributed by atoms with Gasteiger partial charge in [-0.2, -0.15) is 0 Å². The molecule has 3 heteroatoms. The van der Waals surface area contributed by atoms with Crippen LogP contribution in [0.25, 0.3) is 0 Å². The first-order valence-electron chi connectivity index (χ1n) is 7.42. The Hall–Kier alpha value is -1.84. The molecule has 0 heterocycles. The zero-order chi connectivity index (χ0) is 15.1. The number of nitrogens with two attached hydrogens (primary N) is 1. The van der Waals surface area contributed by atoms with Crippen molar-refractivity contribution in [2.24, 2.45) is 11.8 Å². The molecule has 112 valence electrons. The van der Waals surface area contributed by atoms with Gasteiger partial charge in [0.15, 0.2) is 0 Å². The standard InChI is InChI=1S/C18H24N2O/c1-14(2)11-18(20-19)16-9-6-10-17(12-16)21-13-15-7-4-3-5-8-15/h3-10,12,14,18,20H,11,13,19H2,1-2H3. The third kappa shape index (κ3) is 4.88. The normalized spacial score (nSPS) is 12.4. The van der Waals surface area contributed by atoms with Crippen molar-refractivity contribution in [1.82, 2.24) is 5.43 Å². The molecule has 2 aromatic rings. The molecular formula is C18H24N2O. The van der Waals surface area contributed by atoms with E-state index in [0.29, 0.717) is 12.5 Å². The molecule has 3 nitrogen and oxygen atoms in total. The molecule has 0 saturated heterocycles. The lowest BCUT2D eigenvalue weighted by molar-refractivity contribution is 0.305. The highest BCUT2D eigenvalue weighted by Gasteiger charge is 2.12. The van der Waals surface area contributed by atoms with E-state index < -0.39 is 0 Å². The summed E-state index contributed by atoms with van der Waals surface area (Å²) in [4.78, 5) is 0. The fraction of sp³-hybridized carbons (Fsp3) is 0.333. The maximum absolute atomic E-state index is 5.86. The number of ether oxygens (including phenoxy) is 1. The van der Waals surface area contributed by atoms with Crippen LogP contribution < -0.4 is 16.0 Å². The van der Waals surface area contributed by atoms with Crippen LogP contribution in [0.5, 0.6) is 5.75 Å². The molecule has 0 radical (unpaired) electrons. The van der Waals surface area contributed by atoms with Crippen molar-refractivity contribution in [3.8, 4) is 5.75 Å². The first-order valence-corrected chi connectivity index (χ1v) is 7.42. The molecule has 2 rings (SSSR count). The average Bonchev–Trinajstić information content (AvgIpc) is 2.52. The molecule has 1 unspecified atom stereocenters. The van der Waals surface area contributed by atoms with E-state index >= 15 is 0 Å². The molecule has 0 fully saturated rings. The molecule has 2 aromatic carbocycles. The van der Waals surface area contributed by atoms with E-state index in [1.54, 1.807) is 0 Å². The Bertz CT molecular complexity index is 540. The third-order valence-corrected chi connectivity index (χ3v) is 3.42. The zero-order valence-corrected chi connectivity index (χ0v) is 12.8. The molecule has 3 N–H and O–H groups in total. The Morgan fingerprint density at radius 3 is 2.48 bits per heavy atom. The summed E-state index contributed by atoms with van der Waals surface area (Å²) in [5.41, 5.74) is 5.22. The smallest absolute Gasteiger partial charge is 0.120 e. The quantitative estimate of drug-likeness (QED) is 0.600. The molecule has 0 bridgehead atoms. The summed E-state index contributed by atoms with van der Waals surface area (Å²) < 4.78 is 5.86. The van der Waals surface area contributed by atoms with Crippen LogP contribution in [-0.2, 0) is 6.61 Å². The van der Waals surface area contributed by atoms with Crippen LogP contribution in [0, 0.1) is 5.92 Å². The minimum absolute atomic E-state index is 0.158. The van der Waals surface area contributed by atoms with Gasteiger partial charge < -0.3 is 4.74 Å². The van der Waals surface area contributed by atoms with Crippen LogP contribution in [0.4, 0.5) is 0 Å². The zero-order valence-electron chi connectivity index (χ0n) is 12.8. The molecule has 0 aromatic heterocycles. The van der Waals surface area contributed by atoms with Crippen LogP contribution in [0.2, 0.25) is 0 Å². The molecule has 0 spiro atoms. The van der Waals surface area contributed by atoms with E-state index in [2.05, 4.69) is 43.5 Å². The molecule has 0 aliphatic heterocycles. The van der Waals surface area contributed by atoms with E-state index in [9.17, 15) is 0 Å². The Labute approximate surface area is 127 Å². The fourth-order valence-electron chi connectivity index (χ4n) is 2.33. The summed E-state index contributed by atoms with van der Waals surface area (Å²) in [7, 11) is 0. The van der Waals surface area contributed by atoms with Crippen molar-refractivity contribution in [2.75, 3.05) is 0 Å². The SMILES string of the molecule is CC(C)CC(NN)c1cccc(OCc2ccccc2)c1. The van der Waals surface area contributed by atoms with Gasteiger partial charge in [0.1, 0.15) is 12.4 Å². The molecule has 0 amide bonds. The third-order valence-electron chi connectivity index (χ3n) is 3.42. The van der Waals surface area contributed by atoms with Gasteiger partial charge in [0.2, 0.25) is 0 Å². The van der Waals surface area contributed by atoms with Crippen molar-refractivity contribution in [2.45, 2.75) is 32.9 Å². The number of rotatable bonds is 7. The van der Waals surface area contributed by atoms with Crippen molar-refractivity contribution < 1.29 is 4.74 Å².